The first-order valence-corrected chi connectivity index (χ1v) is 11.6. The van der Waals surface area contributed by atoms with E-state index in [1.165, 1.54) is 6.33 Å². The van der Waals surface area contributed by atoms with Crippen molar-refractivity contribution in [2.75, 3.05) is 17.2 Å². The van der Waals surface area contributed by atoms with E-state index in [1.807, 2.05) is 25.1 Å². The molecule has 1 fully saturated rings. The zero-order chi connectivity index (χ0) is 24.3. The molecule has 4 heterocycles. The second kappa shape index (κ2) is 7.66. The van der Waals surface area contributed by atoms with Gasteiger partial charge in [0, 0.05) is 24.0 Å². The molecule has 1 atom stereocenters. The Hall–Kier alpha value is -4.21. The largest absolute Gasteiger partial charge is 0.493 e. The summed E-state index contributed by atoms with van der Waals surface area (Å²) < 4.78 is 7.39. The molecule has 2 aliphatic heterocycles. The summed E-state index contributed by atoms with van der Waals surface area (Å²) in [6.07, 6.45) is 3.51. The molecular weight excluding hydrogens is 448 g/mol. The van der Waals surface area contributed by atoms with Gasteiger partial charge >= 0.3 is 0 Å². The number of hydrogen-bond donors (Lipinski definition) is 3. The van der Waals surface area contributed by atoms with Crippen LogP contribution in [0.1, 0.15) is 46.4 Å². The summed E-state index contributed by atoms with van der Waals surface area (Å²) in [6.45, 7) is 4.11. The smallest absolute Gasteiger partial charge is 0.277 e. The van der Waals surface area contributed by atoms with Gasteiger partial charge in [-0.2, -0.15) is 0 Å². The first-order valence-electron chi connectivity index (χ1n) is 11.6. The summed E-state index contributed by atoms with van der Waals surface area (Å²) >= 11 is 0. The van der Waals surface area contributed by atoms with Gasteiger partial charge in [0.2, 0.25) is 5.91 Å². The Morgan fingerprint density at radius 1 is 1.14 bits per heavy atom. The fourth-order valence-electron chi connectivity index (χ4n) is 4.89. The number of aromatic nitrogens is 3. The number of nitrogens with one attached hydrogen (secondary N) is 3. The second-order valence-corrected chi connectivity index (χ2v) is 9.32. The molecule has 6 rings (SSSR count). The Morgan fingerprint density at radius 3 is 2.74 bits per heavy atom. The highest BCUT2D eigenvalue weighted by molar-refractivity contribution is 5.98. The average Bonchev–Trinajstić information content (AvgIpc) is 3.63. The van der Waals surface area contributed by atoms with Gasteiger partial charge in [0.15, 0.2) is 5.66 Å². The minimum absolute atomic E-state index is 0.0394. The van der Waals surface area contributed by atoms with Gasteiger partial charge in [0.1, 0.15) is 35.1 Å². The molecule has 1 saturated carbocycles. The highest BCUT2D eigenvalue weighted by Crippen LogP contribution is 2.42. The first kappa shape index (κ1) is 21.3. The number of pyridine rings is 1. The van der Waals surface area contributed by atoms with Crippen LogP contribution in [0, 0.1) is 19.8 Å². The highest BCUT2D eigenvalue weighted by atomic mass is 16.5. The van der Waals surface area contributed by atoms with E-state index in [-0.39, 0.29) is 29.0 Å². The Kier molecular flexibility index (Phi) is 4.67. The van der Waals surface area contributed by atoms with Gasteiger partial charge in [0.25, 0.3) is 11.5 Å². The minimum atomic E-state index is -1.04. The van der Waals surface area contributed by atoms with E-state index in [0.717, 1.165) is 24.0 Å². The van der Waals surface area contributed by atoms with Crippen molar-refractivity contribution in [1.82, 2.24) is 19.9 Å². The monoisotopic (exact) mass is 472 g/mol. The van der Waals surface area contributed by atoms with Crippen LogP contribution >= 0.6 is 0 Å². The van der Waals surface area contributed by atoms with Crippen LogP contribution in [0.15, 0.2) is 41.5 Å². The molecule has 3 aromatic rings. The number of anilines is 3. The van der Waals surface area contributed by atoms with E-state index in [0.29, 0.717) is 41.7 Å². The molecule has 1 aliphatic carbocycles. The Morgan fingerprint density at radius 2 is 1.94 bits per heavy atom. The lowest BCUT2D eigenvalue weighted by Gasteiger charge is -2.37. The van der Waals surface area contributed by atoms with Crippen molar-refractivity contribution in [3.05, 3.63) is 69.4 Å². The van der Waals surface area contributed by atoms with Gasteiger partial charge in [-0.3, -0.25) is 19.0 Å². The maximum Gasteiger partial charge on any atom is 0.277 e. The predicted octanol–water partition coefficient (Wildman–Crippen LogP) is 2.57. The molecule has 2 amide bonds. The van der Waals surface area contributed by atoms with Crippen molar-refractivity contribution in [2.45, 2.75) is 38.8 Å². The number of nitrogens with zero attached hydrogens (tertiary/aromatic N) is 3. The van der Waals surface area contributed by atoms with Crippen molar-refractivity contribution in [3.63, 3.8) is 0 Å². The molecule has 3 aliphatic rings. The van der Waals surface area contributed by atoms with E-state index in [2.05, 4.69) is 25.9 Å². The normalized spacial score (nSPS) is 20.0. The van der Waals surface area contributed by atoms with E-state index >= 15 is 0 Å². The Balaban J connectivity index is 1.43. The fraction of sp³-hybridized carbons (Fsp3) is 0.320. The topological polar surface area (TPSA) is 127 Å². The van der Waals surface area contributed by atoms with Crippen molar-refractivity contribution < 1.29 is 14.3 Å². The van der Waals surface area contributed by atoms with Gasteiger partial charge in [0.05, 0.1) is 6.61 Å². The lowest BCUT2D eigenvalue weighted by molar-refractivity contribution is -0.117. The fourth-order valence-corrected chi connectivity index (χ4v) is 4.89. The molecule has 1 unspecified atom stereocenters. The molecule has 0 radical (unpaired) electrons. The molecule has 0 saturated heterocycles. The molecule has 35 heavy (non-hydrogen) atoms. The van der Waals surface area contributed by atoms with Crippen molar-refractivity contribution in [2.24, 2.45) is 5.92 Å². The summed E-state index contributed by atoms with van der Waals surface area (Å²) in [5.74, 6) is 1.04. The molecule has 1 aromatic carbocycles. The average molecular weight is 473 g/mol. The molecule has 10 heteroatoms. The van der Waals surface area contributed by atoms with E-state index in [1.54, 1.807) is 23.6 Å². The number of aryl methyl sites for hydroxylation is 2. The number of hydrogen-bond acceptors (Lipinski definition) is 7. The molecule has 1 spiro atoms. The number of benzene rings is 1. The third-order valence-electron chi connectivity index (χ3n) is 6.74. The number of fused-ring (bicyclic) bond motifs is 4. The van der Waals surface area contributed by atoms with Crippen LogP contribution in [0.3, 0.4) is 0 Å². The lowest BCUT2D eigenvalue weighted by atomic mass is 9.91. The summed E-state index contributed by atoms with van der Waals surface area (Å²) in [6, 6.07) is 8.99. The second-order valence-electron chi connectivity index (χ2n) is 9.32. The number of carbonyl (C=O) groups is 2. The van der Waals surface area contributed by atoms with Crippen LogP contribution in [-0.2, 0) is 10.5 Å². The summed E-state index contributed by atoms with van der Waals surface area (Å²) in [7, 11) is 0. The maximum absolute atomic E-state index is 13.8. The van der Waals surface area contributed by atoms with Gasteiger partial charge in [-0.1, -0.05) is 11.6 Å². The third kappa shape index (κ3) is 3.44. The van der Waals surface area contributed by atoms with Crippen LogP contribution in [-0.4, -0.2) is 33.0 Å². The van der Waals surface area contributed by atoms with Gasteiger partial charge in [-0.05, 0) is 50.5 Å². The van der Waals surface area contributed by atoms with Crippen LogP contribution in [0.4, 0.5) is 17.3 Å². The summed E-state index contributed by atoms with van der Waals surface area (Å²) in [4.78, 5) is 47.4. The number of rotatable bonds is 4. The zero-order valence-corrected chi connectivity index (χ0v) is 19.3. The molecule has 2 aromatic heterocycles. The first-order chi connectivity index (χ1) is 16.9. The zero-order valence-electron chi connectivity index (χ0n) is 19.3. The number of carbonyl (C=O) groups excluding carboxylic acids is 2. The lowest BCUT2D eigenvalue weighted by Crippen LogP contribution is -2.51. The number of amides is 2. The van der Waals surface area contributed by atoms with Crippen LogP contribution in [0.2, 0.25) is 0 Å². The van der Waals surface area contributed by atoms with Gasteiger partial charge < -0.3 is 20.7 Å². The quantitative estimate of drug-likeness (QED) is 0.533. The SMILES string of the molecule is Cc1ccc2c(c1)C1(CCO2)NC(=O)c2c(C)cc(Nc3cc(NC(=O)C4CC4)ncn3)c(=O)n21. The summed E-state index contributed by atoms with van der Waals surface area (Å²) in [5.41, 5.74) is 1.59. The van der Waals surface area contributed by atoms with Crippen molar-refractivity contribution in [3.8, 4) is 5.75 Å². The molecule has 3 N–H and O–H groups in total. The van der Waals surface area contributed by atoms with Crippen LogP contribution in [0.5, 0.6) is 5.75 Å². The predicted molar refractivity (Wildman–Crippen MR) is 128 cm³/mol. The van der Waals surface area contributed by atoms with E-state index in [9.17, 15) is 14.4 Å². The molecular formula is C25H24N6O4. The van der Waals surface area contributed by atoms with Crippen LogP contribution in [0.25, 0.3) is 0 Å². The van der Waals surface area contributed by atoms with Crippen molar-refractivity contribution >= 4 is 29.1 Å². The third-order valence-corrected chi connectivity index (χ3v) is 6.74. The molecule has 0 bridgehead atoms. The summed E-state index contributed by atoms with van der Waals surface area (Å²) in [5, 5.41) is 8.93. The van der Waals surface area contributed by atoms with Gasteiger partial charge in [-0.25, -0.2) is 9.97 Å². The standard InChI is InChI=1S/C25H24N6O4/c1-13-3-6-18-16(9-13)25(7-8-35-18)30-23(33)21-14(2)10-17(24(34)31(21)25)28-19-11-20(27-12-26-19)29-22(32)15-4-5-15/h3,6,9-12,15H,4-5,7-8H2,1-2H3,(H,30,33)(H2,26,27,28,29,32). The van der Waals surface area contributed by atoms with Gasteiger partial charge in [-0.15, -0.1) is 0 Å². The van der Waals surface area contributed by atoms with E-state index in [4.69, 9.17) is 4.74 Å². The van der Waals surface area contributed by atoms with Crippen molar-refractivity contribution in [1.29, 1.82) is 0 Å². The Bertz CT molecular complexity index is 1460. The highest BCUT2D eigenvalue weighted by Gasteiger charge is 2.49. The number of ether oxygens (including phenoxy) is 1. The maximum atomic E-state index is 13.8. The van der Waals surface area contributed by atoms with E-state index < -0.39 is 5.66 Å². The van der Waals surface area contributed by atoms with Crippen LogP contribution < -0.4 is 26.2 Å². The Labute approximate surface area is 200 Å². The minimum Gasteiger partial charge on any atom is -0.493 e. The molecule has 10 nitrogen and oxygen atoms in total. The molecule has 178 valence electrons.